The van der Waals surface area contributed by atoms with Crippen LogP contribution in [0.5, 0.6) is 0 Å². The fourth-order valence-electron chi connectivity index (χ4n) is 3.49. The number of aromatic nitrogens is 1. The number of carbonyl (C=O) groups is 1. The molecule has 0 fully saturated rings. The number of amides is 1. The van der Waals surface area contributed by atoms with Crippen LogP contribution in [0.2, 0.25) is 0 Å². The van der Waals surface area contributed by atoms with Gasteiger partial charge in [-0.3, -0.25) is 14.9 Å². The number of carbonyl (C=O) groups excluding carboxylic acids is 1. The lowest BCUT2D eigenvalue weighted by Gasteiger charge is -2.10. The minimum atomic E-state index is -0.496. The molecule has 1 aromatic heterocycles. The van der Waals surface area contributed by atoms with Crippen molar-refractivity contribution in [1.29, 1.82) is 5.26 Å². The maximum absolute atomic E-state index is 12.6. The summed E-state index contributed by atoms with van der Waals surface area (Å²) in [6, 6.07) is 16.2. The van der Waals surface area contributed by atoms with Gasteiger partial charge in [-0.25, -0.2) is 0 Å². The summed E-state index contributed by atoms with van der Waals surface area (Å²) in [4.78, 5) is 23.5. The van der Waals surface area contributed by atoms with Crippen molar-refractivity contribution < 1.29 is 9.72 Å². The van der Waals surface area contributed by atoms with Gasteiger partial charge in [0, 0.05) is 28.7 Å². The number of nitrogens with one attached hydrogen (secondary N) is 1. The number of nitriles is 1. The van der Waals surface area contributed by atoms with Gasteiger partial charge in [-0.15, -0.1) is 0 Å². The molecular weight excluding hydrogens is 392 g/mol. The number of benzene rings is 2. The molecule has 156 valence electrons. The molecule has 31 heavy (non-hydrogen) atoms. The molecule has 0 spiro atoms. The summed E-state index contributed by atoms with van der Waals surface area (Å²) in [5, 5.41) is 23.6. The highest BCUT2D eigenvalue weighted by atomic mass is 16.6. The summed E-state index contributed by atoms with van der Waals surface area (Å²) in [7, 11) is 0. The van der Waals surface area contributed by atoms with E-state index in [0.717, 1.165) is 17.0 Å². The SMILES string of the molecule is Cc1cccc(NC(=O)/C(C#N)=C/c2cc(C)n(-c3ccc(C)c([N+](=O)[O-])c3)c2C)c1. The molecular formula is C24H22N4O3. The van der Waals surface area contributed by atoms with E-state index in [2.05, 4.69) is 5.32 Å². The molecule has 7 nitrogen and oxygen atoms in total. The molecule has 0 bridgehead atoms. The largest absolute Gasteiger partial charge is 0.321 e. The Bertz CT molecular complexity index is 1260. The van der Waals surface area contributed by atoms with Crippen LogP contribution in [0, 0.1) is 49.1 Å². The predicted octanol–water partition coefficient (Wildman–Crippen LogP) is 5.16. The molecule has 0 radical (unpaired) electrons. The van der Waals surface area contributed by atoms with Crippen LogP contribution in [0.4, 0.5) is 11.4 Å². The molecule has 3 aromatic rings. The molecule has 0 unspecified atom stereocenters. The van der Waals surface area contributed by atoms with Gasteiger partial charge in [0.15, 0.2) is 0 Å². The molecule has 0 aliphatic rings. The van der Waals surface area contributed by atoms with Crippen molar-refractivity contribution in [3.8, 4) is 11.8 Å². The van der Waals surface area contributed by atoms with Crippen LogP contribution in [0.1, 0.15) is 28.1 Å². The Morgan fingerprint density at radius 1 is 1.13 bits per heavy atom. The fraction of sp³-hybridized carbons (Fsp3) is 0.167. The average molecular weight is 414 g/mol. The van der Waals surface area contributed by atoms with Crippen molar-refractivity contribution in [2.45, 2.75) is 27.7 Å². The van der Waals surface area contributed by atoms with E-state index in [9.17, 15) is 20.2 Å². The second-order valence-electron chi connectivity index (χ2n) is 7.38. The Labute approximate surface area is 180 Å². The molecule has 0 saturated heterocycles. The van der Waals surface area contributed by atoms with E-state index in [1.54, 1.807) is 19.1 Å². The third kappa shape index (κ3) is 4.54. The summed E-state index contributed by atoms with van der Waals surface area (Å²) < 4.78 is 1.87. The molecule has 0 aliphatic carbocycles. The van der Waals surface area contributed by atoms with Gasteiger partial charge in [0.2, 0.25) is 0 Å². The van der Waals surface area contributed by atoms with Crippen LogP contribution < -0.4 is 5.32 Å². The van der Waals surface area contributed by atoms with Gasteiger partial charge in [-0.1, -0.05) is 18.2 Å². The summed E-state index contributed by atoms with van der Waals surface area (Å²) >= 11 is 0. The van der Waals surface area contributed by atoms with E-state index in [-0.39, 0.29) is 11.3 Å². The highest BCUT2D eigenvalue weighted by molar-refractivity contribution is 6.09. The van der Waals surface area contributed by atoms with Gasteiger partial charge >= 0.3 is 0 Å². The first-order valence-corrected chi connectivity index (χ1v) is 9.65. The molecule has 1 heterocycles. The topological polar surface area (TPSA) is 101 Å². The number of anilines is 1. The fourth-order valence-corrected chi connectivity index (χ4v) is 3.49. The first-order chi connectivity index (χ1) is 14.7. The molecule has 0 aliphatic heterocycles. The summed E-state index contributed by atoms with van der Waals surface area (Å²) in [6.07, 6.45) is 1.53. The van der Waals surface area contributed by atoms with Crippen molar-refractivity contribution in [3.63, 3.8) is 0 Å². The van der Waals surface area contributed by atoms with Gasteiger partial charge in [-0.05, 0) is 69.2 Å². The van der Waals surface area contributed by atoms with E-state index in [4.69, 9.17) is 0 Å². The molecule has 1 N–H and O–H groups in total. The molecule has 2 aromatic carbocycles. The Kier molecular flexibility index (Phi) is 6.02. The quantitative estimate of drug-likeness (QED) is 0.269. The highest BCUT2D eigenvalue weighted by Crippen LogP contribution is 2.27. The number of hydrogen-bond donors (Lipinski definition) is 1. The third-order valence-corrected chi connectivity index (χ3v) is 5.06. The summed E-state index contributed by atoms with van der Waals surface area (Å²) in [5.41, 5.74) is 5.14. The van der Waals surface area contributed by atoms with E-state index in [0.29, 0.717) is 22.5 Å². The zero-order valence-corrected chi connectivity index (χ0v) is 17.8. The normalized spacial score (nSPS) is 11.1. The van der Waals surface area contributed by atoms with Crippen molar-refractivity contribution in [1.82, 2.24) is 4.57 Å². The Hall–Kier alpha value is -4.18. The zero-order chi connectivity index (χ0) is 22.7. The molecule has 7 heteroatoms. The molecule has 0 saturated carbocycles. The average Bonchev–Trinajstić information content (AvgIpc) is 2.99. The zero-order valence-electron chi connectivity index (χ0n) is 17.8. The van der Waals surface area contributed by atoms with Crippen LogP contribution in [0.25, 0.3) is 11.8 Å². The Balaban J connectivity index is 1.98. The highest BCUT2D eigenvalue weighted by Gasteiger charge is 2.17. The third-order valence-electron chi connectivity index (χ3n) is 5.06. The maximum Gasteiger partial charge on any atom is 0.274 e. The maximum atomic E-state index is 12.6. The number of nitrogens with zero attached hydrogens (tertiary/aromatic N) is 3. The van der Waals surface area contributed by atoms with Gasteiger partial charge in [0.05, 0.1) is 10.6 Å². The Morgan fingerprint density at radius 2 is 1.87 bits per heavy atom. The van der Waals surface area contributed by atoms with E-state index in [1.165, 1.54) is 12.1 Å². The number of aryl methyl sites for hydroxylation is 3. The molecule has 1 amide bonds. The second kappa shape index (κ2) is 8.67. The van der Waals surface area contributed by atoms with Crippen molar-refractivity contribution in [2.75, 3.05) is 5.32 Å². The first kappa shape index (κ1) is 21.5. The van der Waals surface area contributed by atoms with Crippen LogP contribution in [-0.4, -0.2) is 15.4 Å². The lowest BCUT2D eigenvalue weighted by atomic mass is 10.1. The van der Waals surface area contributed by atoms with Crippen molar-refractivity contribution in [3.05, 3.63) is 92.3 Å². The minimum absolute atomic E-state index is 0.0309. The summed E-state index contributed by atoms with van der Waals surface area (Å²) in [5.74, 6) is -0.496. The lowest BCUT2D eigenvalue weighted by Crippen LogP contribution is -2.13. The monoisotopic (exact) mass is 414 g/mol. The molecule has 0 atom stereocenters. The standard InChI is InChI=1S/C24H22N4O3/c1-15-6-5-7-21(10-15)26-24(29)20(14-25)12-19-11-17(3)27(18(19)4)22-9-8-16(2)23(13-22)28(30)31/h5-13H,1-4H3,(H,26,29)/b20-12+. The second-order valence-corrected chi connectivity index (χ2v) is 7.38. The van der Waals surface area contributed by atoms with E-state index in [1.807, 2.05) is 61.7 Å². The number of rotatable bonds is 5. The van der Waals surface area contributed by atoms with Gasteiger partial charge in [0.25, 0.3) is 11.6 Å². The van der Waals surface area contributed by atoms with E-state index >= 15 is 0 Å². The number of nitro groups is 1. The van der Waals surface area contributed by atoms with Crippen LogP contribution in [0.3, 0.4) is 0 Å². The van der Waals surface area contributed by atoms with Crippen molar-refractivity contribution >= 4 is 23.4 Å². The Morgan fingerprint density at radius 3 is 2.52 bits per heavy atom. The number of hydrogen-bond acceptors (Lipinski definition) is 4. The van der Waals surface area contributed by atoms with Crippen LogP contribution in [0.15, 0.2) is 54.1 Å². The number of nitro benzene ring substituents is 1. The van der Waals surface area contributed by atoms with Crippen LogP contribution >= 0.6 is 0 Å². The first-order valence-electron chi connectivity index (χ1n) is 9.65. The van der Waals surface area contributed by atoms with E-state index < -0.39 is 10.8 Å². The summed E-state index contributed by atoms with van der Waals surface area (Å²) in [6.45, 7) is 7.32. The van der Waals surface area contributed by atoms with Crippen molar-refractivity contribution in [2.24, 2.45) is 0 Å². The smallest absolute Gasteiger partial charge is 0.274 e. The van der Waals surface area contributed by atoms with Gasteiger partial charge in [-0.2, -0.15) is 5.26 Å². The molecule has 3 rings (SSSR count). The van der Waals surface area contributed by atoms with Crippen LogP contribution in [-0.2, 0) is 4.79 Å². The predicted molar refractivity (Wildman–Crippen MR) is 120 cm³/mol. The van der Waals surface area contributed by atoms with Gasteiger partial charge in [0.1, 0.15) is 11.6 Å². The van der Waals surface area contributed by atoms with Gasteiger partial charge < -0.3 is 9.88 Å². The minimum Gasteiger partial charge on any atom is -0.321 e. The lowest BCUT2D eigenvalue weighted by molar-refractivity contribution is -0.385.